The van der Waals surface area contributed by atoms with Gasteiger partial charge in [0.2, 0.25) is 0 Å². The fourth-order valence-electron chi connectivity index (χ4n) is 0.962. The summed E-state index contributed by atoms with van der Waals surface area (Å²) in [4.78, 5) is 4.39. The van der Waals surface area contributed by atoms with Crippen LogP contribution in [0.4, 0.5) is 13.2 Å². The predicted octanol–water partition coefficient (Wildman–Crippen LogP) is 3.27. The molecule has 0 fully saturated rings. The van der Waals surface area contributed by atoms with Crippen LogP contribution < -0.4 is 4.74 Å². The molecule has 20 heavy (non-hydrogen) atoms. The van der Waals surface area contributed by atoms with Gasteiger partial charge in [0, 0.05) is 0 Å². The Balaban J connectivity index is 2.73. The van der Waals surface area contributed by atoms with Crippen LogP contribution in [0.2, 0.25) is 0 Å². The van der Waals surface area contributed by atoms with Gasteiger partial charge in [-0.2, -0.15) is 13.2 Å². The highest BCUT2D eigenvalue weighted by atomic mass is 32.2. The van der Waals surface area contributed by atoms with Crippen LogP contribution in [0.25, 0.3) is 0 Å². The summed E-state index contributed by atoms with van der Waals surface area (Å²) in [6.45, 7) is 5.57. The molecular weight excluding hydrogens is 313 g/mol. The van der Waals surface area contributed by atoms with Gasteiger partial charge >= 0.3 is 6.18 Å². The number of thiazole rings is 1. The van der Waals surface area contributed by atoms with E-state index >= 15 is 0 Å². The quantitative estimate of drug-likeness (QED) is 0.629. The first-order valence-electron chi connectivity index (χ1n) is 5.62. The molecule has 0 aliphatic rings. The molecule has 1 unspecified atom stereocenters. The Kier molecular flexibility index (Phi) is 5.45. The van der Waals surface area contributed by atoms with E-state index < -0.39 is 28.9 Å². The number of hydrogen-bond acceptors (Lipinski definition) is 5. The lowest BCUT2D eigenvalue weighted by atomic mass is 10.3. The Labute approximate surface area is 122 Å². The first-order valence-corrected chi connectivity index (χ1v) is 7.54. The SMILES string of the molecule is Cc1nc(OCC(F)(F)F)sc1C=N[S+]([O-])C(C)(C)C. The van der Waals surface area contributed by atoms with Gasteiger partial charge in [-0.15, -0.1) is 0 Å². The molecule has 4 nitrogen and oxygen atoms in total. The standard InChI is InChI=1S/C11H15F3N2O2S2/c1-7-8(5-15-20(17)10(2,3)4)19-9(16-7)18-6-11(12,13)14/h5H,6H2,1-4H3. The first kappa shape index (κ1) is 17.3. The lowest BCUT2D eigenvalue weighted by Gasteiger charge is -2.17. The molecule has 1 aromatic heterocycles. The van der Waals surface area contributed by atoms with Crippen molar-refractivity contribution in [3.05, 3.63) is 10.6 Å². The van der Waals surface area contributed by atoms with E-state index in [1.165, 1.54) is 6.21 Å². The van der Waals surface area contributed by atoms with Crippen LogP contribution in [0.1, 0.15) is 31.3 Å². The van der Waals surface area contributed by atoms with Crippen LogP contribution in [-0.2, 0) is 11.4 Å². The molecule has 0 aliphatic heterocycles. The molecule has 0 N–H and O–H groups in total. The summed E-state index contributed by atoms with van der Waals surface area (Å²) in [5, 5.41) is -0.0807. The van der Waals surface area contributed by atoms with Crippen LogP contribution in [-0.4, -0.2) is 33.3 Å². The number of rotatable bonds is 4. The van der Waals surface area contributed by atoms with Crippen molar-refractivity contribution >= 4 is 28.9 Å². The molecule has 0 aliphatic carbocycles. The average Bonchev–Trinajstić information content (AvgIpc) is 2.62. The second-order valence-electron chi connectivity index (χ2n) is 4.93. The van der Waals surface area contributed by atoms with E-state index in [0.717, 1.165) is 11.3 Å². The fourth-order valence-corrected chi connectivity index (χ4v) is 2.33. The van der Waals surface area contributed by atoms with Crippen LogP contribution in [0.3, 0.4) is 0 Å². The molecular formula is C11H15F3N2O2S2. The molecule has 1 aromatic rings. The number of ether oxygens (including phenoxy) is 1. The third-order valence-corrected chi connectivity index (χ3v) is 4.31. The zero-order chi connectivity index (χ0) is 15.6. The van der Waals surface area contributed by atoms with E-state index in [1.54, 1.807) is 27.7 Å². The maximum atomic E-state index is 12.0. The van der Waals surface area contributed by atoms with Crippen molar-refractivity contribution in [3.8, 4) is 5.19 Å². The number of aromatic nitrogens is 1. The van der Waals surface area contributed by atoms with Gasteiger partial charge in [0.25, 0.3) is 5.19 Å². The Bertz CT molecular complexity index is 481. The number of hydrogen-bond donors (Lipinski definition) is 0. The number of halogens is 3. The molecule has 1 rings (SSSR count). The maximum absolute atomic E-state index is 12.0. The van der Waals surface area contributed by atoms with E-state index in [-0.39, 0.29) is 5.19 Å². The zero-order valence-electron chi connectivity index (χ0n) is 11.4. The Morgan fingerprint density at radius 3 is 2.50 bits per heavy atom. The van der Waals surface area contributed by atoms with E-state index in [0.29, 0.717) is 10.6 Å². The van der Waals surface area contributed by atoms with Crippen LogP contribution in [0.15, 0.2) is 4.40 Å². The van der Waals surface area contributed by atoms with Gasteiger partial charge in [-0.1, -0.05) is 15.7 Å². The van der Waals surface area contributed by atoms with Crippen molar-refractivity contribution in [2.45, 2.75) is 38.6 Å². The van der Waals surface area contributed by atoms with Gasteiger partial charge in [-0.3, -0.25) is 0 Å². The summed E-state index contributed by atoms with van der Waals surface area (Å²) in [6, 6.07) is 0. The number of alkyl halides is 3. The Morgan fingerprint density at radius 1 is 1.40 bits per heavy atom. The van der Waals surface area contributed by atoms with E-state index in [2.05, 4.69) is 14.1 Å². The Hall–Kier alpha value is -0.800. The molecule has 114 valence electrons. The summed E-state index contributed by atoms with van der Waals surface area (Å²) >= 11 is -0.491. The van der Waals surface area contributed by atoms with E-state index in [4.69, 9.17) is 0 Å². The minimum Gasteiger partial charge on any atom is -0.591 e. The first-order chi connectivity index (χ1) is 8.99. The summed E-state index contributed by atoms with van der Waals surface area (Å²) in [6.07, 6.45) is -3.05. The van der Waals surface area contributed by atoms with Gasteiger partial charge in [0.15, 0.2) is 6.61 Å². The summed E-state index contributed by atoms with van der Waals surface area (Å²) in [5.41, 5.74) is 0.488. The second-order valence-corrected chi connectivity index (χ2v) is 7.86. The highest BCUT2D eigenvalue weighted by Gasteiger charge is 2.29. The highest BCUT2D eigenvalue weighted by molar-refractivity contribution is 7.91. The molecule has 1 atom stereocenters. The second kappa shape index (κ2) is 6.31. The highest BCUT2D eigenvalue weighted by Crippen LogP contribution is 2.26. The molecule has 0 spiro atoms. The van der Waals surface area contributed by atoms with Crippen molar-refractivity contribution < 1.29 is 22.5 Å². The minimum absolute atomic E-state index is 0.0807. The molecule has 0 saturated carbocycles. The molecule has 1 heterocycles. The van der Waals surface area contributed by atoms with Crippen molar-refractivity contribution in [2.75, 3.05) is 6.61 Å². The maximum Gasteiger partial charge on any atom is 0.422 e. The van der Waals surface area contributed by atoms with Crippen molar-refractivity contribution in [2.24, 2.45) is 4.40 Å². The molecule has 9 heteroatoms. The van der Waals surface area contributed by atoms with E-state index in [1.807, 2.05) is 0 Å². The Morgan fingerprint density at radius 2 is 2.00 bits per heavy atom. The molecule has 0 aromatic carbocycles. The number of nitrogens with zero attached hydrogens (tertiary/aromatic N) is 2. The fraction of sp³-hybridized carbons (Fsp3) is 0.636. The monoisotopic (exact) mass is 328 g/mol. The van der Waals surface area contributed by atoms with Gasteiger partial charge in [0.1, 0.15) is 16.1 Å². The molecule has 0 radical (unpaired) electrons. The number of aryl methyl sites for hydroxylation is 1. The van der Waals surface area contributed by atoms with Gasteiger partial charge in [-0.05, 0) is 27.7 Å². The van der Waals surface area contributed by atoms with Crippen molar-refractivity contribution in [1.29, 1.82) is 0 Å². The topological polar surface area (TPSA) is 57.5 Å². The third-order valence-electron chi connectivity index (χ3n) is 1.96. The largest absolute Gasteiger partial charge is 0.591 e. The summed E-state index contributed by atoms with van der Waals surface area (Å²) in [7, 11) is 0. The van der Waals surface area contributed by atoms with Gasteiger partial charge in [0.05, 0.1) is 16.8 Å². The summed E-state index contributed by atoms with van der Waals surface area (Å²) < 4.78 is 55.7. The van der Waals surface area contributed by atoms with Gasteiger partial charge < -0.3 is 9.29 Å². The third kappa shape index (κ3) is 5.68. The van der Waals surface area contributed by atoms with Crippen molar-refractivity contribution in [1.82, 2.24) is 4.98 Å². The minimum atomic E-state index is -4.40. The van der Waals surface area contributed by atoms with Gasteiger partial charge in [-0.25, -0.2) is 4.98 Å². The molecule has 0 amide bonds. The lowest BCUT2D eigenvalue weighted by Crippen LogP contribution is -2.25. The normalized spacial score (nSPS) is 14.8. The zero-order valence-corrected chi connectivity index (χ0v) is 13.1. The van der Waals surface area contributed by atoms with Crippen LogP contribution >= 0.6 is 11.3 Å². The van der Waals surface area contributed by atoms with E-state index in [9.17, 15) is 17.7 Å². The van der Waals surface area contributed by atoms with Crippen molar-refractivity contribution in [3.63, 3.8) is 0 Å². The van der Waals surface area contributed by atoms with Crippen LogP contribution in [0, 0.1) is 6.92 Å². The average molecular weight is 328 g/mol. The summed E-state index contributed by atoms with van der Waals surface area (Å²) in [5.74, 6) is 0. The van der Waals surface area contributed by atoms with Crippen LogP contribution in [0.5, 0.6) is 5.19 Å². The predicted molar refractivity (Wildman–Crippen MR) is 73.9 cm³/mol. The smallest absolute Gasteiger partial charge is 0.422 e. The molecule has 0 bridgehead atoms. The molecule has 0 saturated heterocycles. The lowest BCUT2D eigenvalue weighted by molar-refractivity contribution is -0.153.